The van der Waals surface area contributed by atoms with Crippen molar-refractivity contribution in [1.29, 1.82) is 0 Å². The van der Waals surface area contributed by atoms with E-state index >= 15 is 0 Å². The summed E-state index contributed by atoms with van der Waals surface area (Å²) in [6.45, 7) is 1.84. The first-order chi connectivity index (χ1) is 7.68. The summed E-state index contributed by atoms with van der Waals surface area (Å²) in [5.74, 6) is -0.0990. The van der Waals surface area contributed by atoms with Crippen LogP contribution in [0.1, 0.15) is 21.6 Å². The highest BCUT2D eigenvalue weighted by atomic mass is 35.5. The van der Waals surface area contributed by atoms with Gasteiger partial charge in [-0.25, -0.2) is 4.98 Å². The Hall–Kier alpha value is -1.67. The molecule has 0 N–H and O–H groups in total. The van der Waals surface area contributed by atoms with Gasteiger partial charge in [-0.15, -0.1) is 0 Å². The lowest BCUT2D eigenvalue weighted by atomic mass is 10.1. The van der Waals surface area contributed by atoms with Crippen LogP contribution in [0.3, 0.4) is 0 Å². The number of carbonyl (C=O) groups is 1. The number of aryl methyl sites for hydroxylation is 1. The van der Waals surface area contributed by atoms with E-state index in [1.54, 1.807) is 24.3 Å². The molecule has 0 spiro atoms. The van der Waals surface area contributed by atoms with Gasteiger partial charge in [0.2, 0.25) is 0 Å². The number of pyridine rings is 1. The molecule has 0 aliphatic heterocycles. The minimum Gasteiger partial charge on any atom is -0.288 e. The first-order valence-corrected chi connectivity index (χ1v) is 5.29. The van der Waals surface area contributed by atoms with Crippen molar-refractivity contribution in [3.63, 3.8) is 0 Å². The van der Waals surface area contributed by atoms with Crippen LogP contribution in [-0.2, 0) is 0 Å². The number of benzene rings is 1. The van der Waals surface area contributed by atoms with Crippen LogP contribution in [0.15, 0.2) is 42.5 Å². The monoisotopic (exact) mass is 231 g/mol. The number of halogens is 1. The van der Waals surface area contributed by atoms with Crippen LogP contribution in [0.2, 0.25) is 5.15 Å². The average molecular weight is 232 g/mol. The molecule has 0 saturated carbocycles. The highest BCUT2D eigenvalue weighted by Crippen LogP contribution is 2.17. The molecular weight excluding hydrogens is 222 g/mol. The highest BCUT2D eigenvalue weighted by Gasteiger charge is 2.12. The van der Waals surface area contributed by atoms with Crippen LogP contribution in [0.25, 0.3) is 0 Å². The SMILES string of the molecule is Cc1ccc(C(=O)c2ccccc2)c(Cl)n1. The van der Waals surface area contributed by atoms with Crippen molar-refractivity contribution in [3.8, 4) is 0 Å². The van der Waals surface area contributed by atoms with Gasteiger partial charge in [-0.05, 0) is 19.1 Å². The summed E-state index contributed by atoms with van der Waals surface area (Å²) in [4.78, 5) is 16.1. The predicted molar refractivity (Wildman–Crippen MR) is 63.9 cm³/mol. The van der Waals surface area contributed by atoms with Gasteiger partial charge in [-0.2, -0.15) is 0 Å². The molecule has 1 aromatic carbocycles. The zero-order valence-electron chi connectivity index (χ0n) is 8.77. The summed E-state index contributed by atoms with van der Waals surface area (Å²) in [7, 11) is 0. The van der Waals surface area contributed by atoms with E-state index in [1.807, 2.05) is 25.1 Å². The van der Waals surface area contributed by atoms with Crippen molar-refractivity contribution in [3.05, 3.63) is 64.4 Å². The van der Waals surface area contributed by atoms with E-state index in [2.05, 4.69) is 4.98 Å². The van der Waals surface area contributed by atoms with Crippen LogP contribution in [0, 0.1) is 6.92 Å². The number of aromatic nitrogens is 1. The summed E-state index contributed by atoms with van der Waals surface area (Å²) in [5, 5.41) is 0.258. The molecule has 0 fully saturated rings. The van der Waals surface area contributed by atoms with E-state index in [0.29, 0.717) is 11.1 Å². The summed E-state index contributed by atoms with van der Waals surface area (Å²) in [6.07, 6.45) is 0. The minimum absolute atomic E-state index is 0.0990. The molecule has 0 bridgehead atoms. The van der Waals surface area contributed by atoms with E-state index < -0.39 is 0 Å². The van der Waals surface area contributed by atoms with E-state index in [4.69, 9.17) is 11.6 Å². The molecular formula is C13H10ClNO. The molecule has 16 heavy (non-hydrogen) atoms. The number of ketones is 1. The third-order valence-electron chi connectivity index (χ3n) is 2.27. The summed E-state index contributed by atoms with van der Waals surface area (Å²) in [6, 6.07) is 12.5. The van der Waals surface area contributed by atoms with Gasteiger partial charge in [0.1, 0.15) is 5.15 Å². The van der Waals surface area contributed by atoms with Crippen molar-refractivity contribution < 1.29 is 4.79 Å². The Labute approximate surface area is 98.9 Å². The molecule has 0 aliphatic rings. The van der Waals surface area contributed by atoms with Crippen LogP contribution in [0.4, 0.5) is 0 Å². The van der Waals surface area contributed by atoms with Crippen molar-refractivity contribution in [2.75, 3.05) is 0 Å². The smallest absolute Gasteiger partial charge is 0.196 e. The molecule has 0 unspecified atom stereocenters. The molecule has 80 valence electrons. The minimum atomic E-state index is -0.0990. The number of rotatable bonds is 2. The summed E-state index contributed by atoms with van der Waals surface area (Å²) < 4.78 is 0. The zero-order chi connectivity index (χ0) is 11.5. The van der Waals surface area contributed by atoms with Gasteiger partial charge < -0.3 is 0 Å². The molecule has 2 nitrogen and oxygen atoms in total. The Morgan fingerprint density at radius 3 is 2.44 bits per heavy atom. The lowest BCUT2D eigenvalue weighted by Gasteiger charge is -2.03. The molecule has 1 heterocycles. The van der Waals surface area contributed by atoms with Crippen molar-refractivity contribution in [2.45, 2.75) is 6.92 Å². The lowest BCUT2D eigenvalue weighted by molar-refractivity contribution is 0.103. The Morgan fingerprint density at radius 1 is 1.12 bits per heavy atom. The largest absolute Gasteiger partial charge is 0.288 e. The maximum Gasteiger partial charge on any atom is 0.196 e. The van der Waals surface area contributed by atoms with E-state index in [9.17, 15) is 4.79 Å². The van der Waals surface area contributed by atoms with E-state index in [-0.39, 0.29) is 10.9 Å². The van der Waals surface area contributed by atoms with Crippen molar-refractivity contribution in [1.82, 2.24) is 4.98 Å². The normalized spacial score (nSPS) is 10.1. The first kappa shape index (κ1) is 10.8. The summed E-state index contributed by atoms with van der Waals surface area (Å²) in [5.41, 5.74) is 1.86. The fourth-order valence-electron chi connectivity index (χ4n) is 1.44. The van der Waals surface area contributed by atoms with Gasteiger partial charge in [-0.3, -0.25) is 4.79 Å². The van der Waals surface area contributed by atoms with Gasteiger partial charge >= 0.3 is 0 Å². The van der Waals surface area contributed by atoms with Gasteiger partial charge in [0.05, 0.1) is 5.56 Å². The maximum atomic E-state index is 12.1. The van der Waals surface area contributed by atoms with Crippen molar-refractivity contribution in [2.24, 2.45) is 0 Å². The van der Waals surface area contributed by atoms with Gasteiger partial charge in [0.15, 0.2) is 5.78 Å². The standard InChI is InChI=1S/C13H10ClNO/c1-9-7-8-11(13(14)15-9)12(16)10-5-3-2-4-6-10/h2-8H,1H3. The lowest BCUT2D eigenvalue weighted by Crippen LogP contribution is -2.03. The molecule has 2 aromatic rings. The number of carbonyl (C=O) groups excluding carboxylic acids is 1. The third kappa shape index (κ3) is 2.12. The quantitative estimate of drug-likeness (QED) is 0.587. The average Bonchev–Trinajstić information content (AvgIpc) is 2.29. The van der Waals surface area contributed by atoms with Crippen LogP contribution >= 0.6 is 11.6 Å². The Balaban J connectivity index is 2.42. The van der Waals surface area contributed by atoms with Crippen molar-refractivity contribution >= 4 is 17.4 Å². The van der Waals surface area contributed by atoms with Crippen LogP contribution < -0.4 is 0 Å². The molecule has 0 atom stereocenters. The topological polar surface area (TPSA) is 30.0 Å². The van der Waals surface area contributed by atoms with Gasteiger partial charge in [0.25, 0.3) is 0 Å². The Morgan fingerprint density at radius 2 is 1.81 bits per heavy atom. The molecule has 0 saturated heterocycles. The third-order valence-corrected chi connectivity index (χ3v) is 2.56. The Kier molecular flexibility index (Phi) is 3.02. The predicted octanol–water partition coefficient (Wildman–Crippen LogP) is 3.27. The molecule has 3 heteroatoms. The molecule has 0 aliphatic carbocycles. The molecule has 0 amide bonds. The number of hydrogen-bond donors (Lipinski definition) is 0. The molecule has 1 aromatic heterocycles. The second-order valence-electron chi connectivity index (χ2n) is 3.49. The number of nitrogens with zero attached hydrogens (tertiary/aromatic N) is 1. The second-order valence-corrected chi connectivity index (χ2v) is 3.84. The maximum absolute atomic E-state index is 12.1. The highest BCUT2D eigenvalue weighted by molar-refractivity contribution is 6.33. The van der Waals surface area contributed by atoms with Crippen LogP contribution in [0.5, 0.6) is 0 Å². The molecule has 2 rings (SSSR count). The molecule has 0 radical (unpaired) electrons. The van der Waals surface area contributed by atoms with Gasteiger partial charge in [0, 0.05) is 11.3 Å². The second kappa shape index (κ2) is 4.45. The summed E-state index contributed by atoms with van der Waals surface area (Å²) >= 11 is 5.94. The van der Waals surface area contributed by atoms with E-state index in [1.165, 1.54) is 0 Å². The van der Waals surface area contributed by atoms with Crippen LogP contribution in [-0.4, -0.2) is 10.8 Å². The number of hydrogen-bond acceptors (Lipinski definition) is 2. The fourth-order valence-corrected chi connectivity index (χ4v) is 1.72. The fraction of sp³-hybridized carbons (Fsp3) is 0.0769. The van der Waals surface area contributed by atoms with Gasteiger partial charge in [-0.1, -0.05) is 41.9 Å². The zero-order valence-corrected chi connectivity index (χ0v) is 9.53. The first-order valence-electron chi connectivity index (χ1n) is 4.91. The Bertz CT molecular complexity index is 523. The van der Waals surface area contributed by atoms with E-state index in [0.717, 1.165) is 5.69 Å².